The molecule has 0 saturated carbocycles. The van der Waals surface area contributed by atoms with Crippen LogP contribution in [0.5, 0.6) is 0 Å². The van der Waals surface area contributed by atoms with E-state index in [9.17, 15) is 9.59 Å². The van der Waals surface area contributed by atoms with Crippen molar-refractivity contribution in [3.8, 4) is 0 Å². The van der Waals surface area contributed by atoms with Gasteiger partial charge in [-0.3, -0.25) is 9.59 Å². The third-order valence-electron chi connectivity index (χ3n) is 2.64. The number of carbonyl (C=O) groups is 2. The summed E-state index contributed by atoms with van der Waals surface area (Å²) in [5.74, 6) is -0.172. The second kappa shape index (κ2) is 8.13. The van der Waals surface area contributed by atoms with Gasteiger partial charge >= 0.3 is 5.97 Å². The maximum atomic E-state index is 11.8. The number of ether oxygens (including phenoxy) is 1. The van der Waals surface area contributed by atoms with E-state index in [0.717, 1.165) is 19.3 Å². The lowest BCUT2D eigenvalue weighted by Gasteiger charge is -2.19. The minimum atomic E-state index is -0.411. The first kappa shape index (κ1) is 14.9. The van der Waals surface area contributed by atoms with E-state index in [-0.39, 0.29) is 18.4 Å². The fourth-order valence-corrected chi connectivity index (χ4v) is 1.55. The van der Waals surface area contributed by atoms with Crippen LogP contribution in [-0.4, -0.2) is 25.5 Å². The second-order valence-electron chi connectivity index (χ2n) is 4.29. The molecule has 0 aromatic heterocycles. The molecule has 1 amide bonds. The minimum Gasteiger partial charge on any atom is -0.468 e. The molecule has 0 spiro atoms. The van der Waals surface area contributed by atoms with Crippen LogP contribution in [-0.2, 0) is 14.3 Å². The van der Waals surface area contributed by atoms with E-state index in [1.165, 1.54) is 7.11 Å². The van der Waals surface area contributed by atoms with Gasteiger partial charge in [0.15, 0.2) is 0 Å². The van der Waals surface area contributed by atoms with Crippen LogP contribution >= 0.6 is 0 Å². The zero-order valence-electron chi connectivity index (χ0n) is 10.7. The molecule has 4 nitrogen and oxygen atoms in total. The van der Waals surface area contributed by atoms with Gasteiger partial charge in [-0.05, 0) is 12.3 Å². The second-order valence-corrected chi connectivity index (χ2v) is 4.29. The smallest absolute Gasteiger partial charge is 0.325 e. The van der Waals surface area contributed by atoms with Crippen LogP contribution in [0.15, 0.2) is 0 Å². The SMILES string of the molecule is CCCC[C@H](C(=O)NCC(=O)OC)C(C)C. The molecule has 0 saturated heterocycles. The van der Waals surface area contributed by atoms with Crippen molar-refractivity contribution in [3.05, 3.63) is 0 Å². The molecule has 16 heavy (non-hydrogen) atoms. The summed E-state index contributed by atoms with van der Waals surface area (Å²) in [6.07, 6.45) is 2.99. The van der Waals surface area contributed by atoms with Crippen molar-refractivity contribution in [2.24, 2.45) is 11.8 Å². The molecular formula is C12H23NO3. The van der Waals surface area contributed by atoms with E-state index in [1.807, 2.05) is 13.8 Å². The van der Waals surface area contributed by atoms with Crippen LogP contribution in [0.3, 0.4) is 0 Å². The lowest BCUT2D eigenvalue weighted by Crippen LogP contribution is -2.37. The van der Waals surface area contributed by atoms with Crippen molar-refractivity contribution in [1.82, 2.24) is 5.32 Å². The van der Waals surface area contributed by atoms with Crippen LogP contribution in [0.25, 0.3) is 0 Å². The van der Waals surface area contributed by atoms with Gasteiger partial charge in [-0.15, -0.1) is 0 Å². The van der Waals surface area contributed by atoms with Gasteiger partial charge in [-0.1, -0.05) is 33.6 Å². The van der Waals surface area contributed by atoms with Crippen LogP contribution in [0, 0.1) is 11.8 Å². The molecule has 4 heteroatoms. The molecule has 0 fully saturated rings. The zero-order valence-corrected chi connectivity index (χ0v) is 10.7. The zero-order chi connectivity index (χ0) is 12.6. The lowest BCUT2D eigenvalue weighted by molar-refractivity contribution is -0.141. The Labute approximate surface area is 97.7 Å². The van der Waals surface area contributed by atoms with Gasteiger partial charge in [-0.25, -0.2) is 0 Å². The Morgan fingerprint density at radius 2 is 1.94 bits per heavy atom. The number of methoxy groups -OCH3 is 1. The molecule has 0 heterocycles. The van der Waals surface area contributed by atoms with Crippen molar-refractivity contribution in [1.29, 1.82) is 0 Å². The molecule has 0 aromatic carbocycles. The first-order valence-corrected chi connectivity index (χ1v) is 5.87. The fourth-order valence-electron chi connectivity index (χ4n) is 1.55. The number of amides is 1. The van der Waals surface area contributed by atoms with Crippen LogP contribution in [0.2, 0.25) is 0 Å². The van der Waals surface area contributed by atoms with E-state index in [4.69, 9.17) is 0 Å². The van der Waals surface area contributed by atoms with Crippen molar-refractivity contribution in [2.45, 2.75) is 40.0 Å². The topological polar surface area (TPSA) is 55.4 Å². The predicted octanol–water partition coefficient (Wildman–Crippen LogP) is 1.74. The first-order chi connectivity index (χ1) is 7.52. The molecular weight excluding hydrogens is 206 g/mol. The Bertz CT molecular complexity index is 226. The van der Waals surface area contributed by atoms with E-state index in [0.29, 0.717) is 5.92 Å². The highest BCUT2D eigenvalue weighted by Crippen LogP contribution is 2.18. The first-order valence-electron chi connectivity index (χ1n) is 5.87. The maximum Gasteiger partial charge on any atom is 0.325 e. The molecule has 0 unspecified atom stereocenters. The molecule has 1 N–H and O–H groups in total. The molecule has 0 aliphatic heterocycles. The Hall–Kier alpha value is -1.06. The summed E-state index contributed by atoms with van der Waals surface area (Å²) in [5.41, 5.74) is 0. The number of hydrogen-bond donors (Lipinski definition) is 1. The van der Waals surface area contributed by atoms with E-state index < -0.39 is 5.97 Å². The van der Waals surface area contributed by atoms with Crippen molar-refractivity contribution in [2.75, 3.05) is 13.7 Å². The highest BCUT2D eigenvalue weighted by molar-refractivity contribution is 5.83. The normalized spacial score (nSPS) is 12.3. The average Bonchev–Trinajstić information content (AvgIpc) is 2.25. The number of unbranched alkanes of at least 4 members (excludes halogenated alkanes) is 1. The van der Waals surface area contributed by atoms with Gasteiger partial charge in [0.2, 0.25) is 5.91 Å². The van der Waals surface area contributed by atoms with Gasteiger partial charge in [0, 0.05) is 5.92 Å². The minimum absolute atomic E-state index is 0.00962. The highest BCUT2D eigenvalue weighted by Gasteiger charge is 2.21. The van der Waals surface area contributed by atoms with Gasteiger partial charge in [0.1, 0.15) is 6.54 Å². The number of esters is 1. The Morgan fingerprint density at radius 1 is 1.31 bits per heavy atom. The quantitative estimate of drug-likeness (QED) is 0.676. The molecule has 94 valence electrons. The van der Waals surface area contributed by atoms with Crippen molar-refractivity contribution in [3.63, 3.8) is 0 Å². The molecule has 0 bridgehead atoms. The monoisotopic (exact) mass is 229 g/mol. The summed E-state index contributed by atoms with van der Waals surface area (Å²) in [5, 5.41) is 2.61. The van der Waals surface area contributed by atoms with Crippen molar-refractivity contribution >= 4 is 11.9 Å². The number of nitrogens with one attached hydrogen (secondary N) is 1. The summed E-state index contributed by atoms with van der Waals surface area (Å²) >= 11 is 0. The third kappa shape index (κ3) is 5.73. The summed E-state index contributed by atoms with van der Waals surface area (Å²) in [4.78, 5) is 22.7. The molecule has 0 aliphatic rings. The summed E-state index contributed by atoms with van der Waals surface area (Å²) in [7, 11) is 1.31. The number of hydrogen-bond acceptors (Lipinski definition) is 3. The van der Waals surface area contributed by atoms with Gasteiger partial charge in [0.25, 0.3) is 0 Å². The van der Waals surface area contributed by atoms with Crippen LogP contribution in [0.4, 0.5) is 0 Å². The molecule has 0 rings (SSSR count). The number of carbonyl (C=O) groups excluding carboxylic acids is 2. The van der Waals surface area contributed by atoms with E-state index in [2.05, 4.69) is 17.0 Å². The van der Waals surface area contributed by atoms with Gasteiger partial charge in [-0.2, -0.15) is 0 Å². The average molecular weight is 229 g/mol. The predicted molar refractivity (Wildman–Crippen MR) is 62.9 cm³/mol. The van der Waals surface area contributed by atoms with Crippen LogP contribution in [0.1, 0.15) is 40.0 Å². The van der Waals surface area contributed by atoms with Crippen LogP contribution < -0.4 is 5.32 Å². The highest BCUT2D eigenvalue weighted by atomic mass is 16.5. The van der Waals surface area contributed by atoms with Gasteiger partial charge in [0.05, 0.1) is 7.11 Å². The standard InChI is InChI=1S/C12H23NO3/c1-5-6-7-10(9(2)3)12(15)13-8-11(14)16-4/h9-10H,5-8H2,1-4H3,(H,13,15)/t10-/m0/s1. The number of rotatable bonds is 7. The Morgan fingerprint density at radius 3 is 2.38 bits per heavy atom. The van der Waals surface area contributed by atoms with E-state index in [1.54, 1.807) is 0 Å². The summed E-state index contributed by atoms with van der Waals surface area (Å²) in [6, 6.07) is 0. The third-order valence-corrected chi connectivity index (χ3v) is 2.64. The van der Waals surface area contributed by atoms with Crippen molar-refractivity contribution < 1.29 is 14.3 Å². The lowest BCUT2D eigenvalue weighted by atomic mass is 9.90. The molecule has 0 aromatic rings. The molecule has 1 atom stereocenters. The summed E-state index contributed by atoms with van der Waals surface area (Å²) < 4.78 is 4.47. The Kier molecular flexibility index (Phi) is 7.60. The summed E-state index contributed by atoms with van der Waals surface area (Å²) in [6.45, 7) is 6.12. The van der Waals surface area contributed by atoms with E-state index >= 15 is 0 Å². The largest absolute Gasteiger partial charge is 0.468 e. The fraction of sp³-hybridized carbons (Fsp3) is 0.833. The molecule has 0 radical (unpaired) electrons. The maximum absolute atomic E-state index is 11.8. The Balaban J connectivity index is 4.11. The molecule has 0 aliphatic carbocycles. The van der Waals surface area contributed by atoms with Gasteiger partial charge < -0.3 is 10.1 Å².